The SMILES string of the molecule is NC(=O)CC1CN2CCCC2CN1. The van der Waals surface area contributed by atoms with Gasteiger partial charge in [-0.3, -0.25) is 9.69 Å². The van der Waals surface area contributed by atoms with Gasteiger partial charge in [-0.2, -0.15) is 0 Å². The molecule has 0 aromatic heterocycles. The highest BCUT2D eigenvalue weighted by molar-refractivity contribution is 5.74. The van der Waals surface area contributed by atoms with Gasteiger partial charge in [0.15, 0.2) is 0 Å². The van der Waals surface area contributed by atoms with Crippen LogP contribution in [0.4, 0.5) is 0 Å². The average molecular weight is 183 g/mol. The Labute approximate surface area is 78.5 Å². The molecule has 2 saturated heterocycles. The normalized spacial score (nSPS) is 34.5. The van der Waals surface area contributed by atoms with E-state index in [9.17, 15) is 4.79 Å². The maximum absolute atomic E-state index is 10.7. The molecule has 2 fully saturated rings. The highest BCUT2D eigenvalue weighted by Crippen LogP contribution is 2.20. The van der Waals surface area contributed by atoms with Crippen molar-refractivity contribution < 1.29 is 4.79 Å². The third-order valence-electron chi connectivity index (χ3n) is 3.04. The first-order valence-electron chi connectivity index (χ1n) is 5.01. The number of nitrogens with zero attached hydrogens (tertiary/aromatic N) is 1. The first kappa shape index (κ1) is 8.97. The summed E-state index contributed by atoms with van der Waals surface area (Å²) in [6.07, 6.45) is 3.08. The molecule has 0 spiro atoms. The van der Waals surface area contributed by atoms with E-state index in [0.29, 0.717) is 12.5 Å². The summed E-state index contributed by atoms with van der Waals surface area (Å²) in [5, 5.41) is 3.38. The smallest absolute Gasteiger partial charge is 0.219 e. The van der Waals surface area contributed by atoms with Crippen molar-refractivity contribution in [3.63, 3.8) is 0 Å². The lowest BCUT2D eigenvalue weighted by Gasteiger charge is -2.35. The van der Waals surface area contributed by atoms with Crippen molar-refractivity contribution in [1.29, 1.82) is 0 Å². The molecule has 0 aromatic carbocycles. The van der Waals surface area contributed by atoms with Gasteiger partial charge in [0.05, 0.1) is 0 Å². The third-order valence-corrected chi connectivity index (χ3v) is 3.04. The van der Waals surface area contributed by atoms with Gasteiger partial charge in [0.2, 0.25) is 5.91 Å². The fourth-order valence-corrected chi connectivity index (χ4v) is 2.40. The number of primary amides is 1. The van der Waals surface area contributed by atoms with Crippen LogP contribution in [0.3, 0.4) is 0 Å². The number of piperazine rings is 1. The van der Waals surface area contributed by atoms with Crippen LogP contribution in [0.5, 0.6) is 0 Å². The van der Waals surface area contributed by atoms with Crippen molar-refractivity contribution in [3.8, 4) is 0 Å². The zero-order valence-corrected chi connectivity index (χ0v) is 7.83. The van der Waals surface area contributed by atoms with E-state index in [-0.39, 0.29) is 11.9 Å². The Morgan fingerprint density at radius 3 is 3.23 bits per heavy atom. The number of nitrogens with one attached hydrogen (secondary N) is 1. The number of amides is 1. The maximum Gasteiger partial charge on any atom is 0.219 e. The van der Waals surface area contributed by atoms with E-state index in [2.05, 4.69) is 10.2 Å². The van der Waals surface area contributed by atoms with Crippen LogP contribution in [0, 0.1) is 0 Å². The van der Waals surface area contributed by atoms with E-state index in [1.54, 1.807) is 0 Å². The molecular formula is C9H17N3O. The molecule has 0 aromatic rings. The summed E-state index contributed by atoms with van der Waals surface area (Å²) in [5.41, 5.74) is 5.16. The number of carbonyl (C=O) groups is 1. The van der Waals surface area contributed by atoms with Gasteiger partial charge in [-0.25, -0.2) is 0 Å². The molecule has 2 atom stereocenters. The van der Waals surface area contributed by atoms with Crippen molar-refractivity contribution in [3.05, 3.63) is 0 Å². The molecule has 0 bridgehead atoms. The zero-order valence-electron chi connectivity index (χ0n) is 7.83. The zero-order chi connectivity index (χ0) is 9.26. The first-order valence-corrected chi connectivity index (χ1v) is 5.01. The largest absolute Gasteiger partial charge is 0.370 e. The summed E-state index contributed by atoms with van der Waals surface area (Å²) in [4.78, 5) is 13.2. The average Bonchev–Trinajstić information content (AvgIpc) is 2.49. The minimum absolute atomic E-state index is 0.199. The molecule has 2 aliphatic rings. The Bertz CT molecular complexity index is 207. The van der Waals surface area contributed by atoms with Gasteiger partial charge in [-0.05, 0) is 19.4 Å². The van der Waals surface area contributed by atoms with Gasteiger partial charge in [-0.15, -0.1) is 0 Å². The topological polar surface area (TPSA) is 58.4 Å². The van der Waals surface area contributed by atoms with Gasteiger partial charge in [0, 0.05) is 31.6 Å². The predicted molar refractivity (Wildman–Crippen MR) is 50.2 cm³/mol. The summed E-state index contributed by atoms with van der Waals surface area (Å²) in [5.74, 6) is -0.199. The highest BCUT2D eigenvalue weighted by atomic mass is 16.1. The van der Waals surface area contributed by atoms with E-state index < -0.39 is 0 Å². The predicted octanol–water partition coefficient (Wildman–Crippen LogP) is -0.702. The van der Waals surface area contributed by atoms with Crippen molar-refractivity contribution in [2.75, 3.05) is 19.6 Å². The van der Waals surface area contributed by atoms with Gasteiger partial charge < -0.3 is 11.1 Å². The molecule has 2 heterocycles. The second-order valence-corrected chi connectivity index (χ2v) is 4.07. The second-order valence-electron chi connectivity index (χ2n) is 4.07. The number of nitrogens with two attached hydrogens (primary N) is 1. The molecule has 4 nitrogen and oxygen atoms in total. The second kappa shape index (κ2) is 3.64. The fourth-order valence-electron chi connectivity index (χ4n) is 2.40. The molecule has 2 rings (SSSR count). The lowest BCUT2D eigenvalue weighted by molar-refractivity contribution is -0.118. The van der Waals surface area contributed by atoms with Crippen LogP contribution in [0.2, 0.25) is 0 Å². The lowest BCUT2D eigenvalue weighted by atomic mass is 10.1. The summed E-state index contributed by atoms with van der Waals surface area (Å²) < 4.78 is 0. The number of hydrogen-bond donors (Lipinski definition) is 2. The Morgan fingerprint density at radius 2 is 2.46 bits per heavy atom. The van der Waals surface area contributed by atoms with Crippen LogP contribution in [-0.2, 0) is 4.79 Å². The molecule has 13 heavy (non-hydrogen) atoms. The van der Waals surface area contributed by atoms with Crippen molar-refractivity contribution in [2.24, 2.45) is 5.73 Å². The van der Waals surface area contributed by atoms with Gasteiger partial charge in [0.1, 0.15) is 0 Å². The maximum atomic E-state index is 10.7. The van der Waals surface area contributed by atoms with Crippen LogP contribution in [0.15, 0.2) is 0 Å². The molecular weight excluding hydrogens is 166 g/mol. The molecule has 1 amide bonds. The minimum atomic E-state index is -0.199. The number of hydrogen-bond acceptors (Lipinski definition) is 3. The van der Waals surface area contributed by atoms with E-state index in [4.69, 9.17) is 5.73 Å². The van der Waals surface area contributed by atoms with Crippen LogP contribution in [-0.4, -0.2) is 42.5 Å². The first-order chi connectivity index (χ1) is 6.25. The van der Waals surface area contributed by atoms with E-state index in [1.165, 1.54) is 19.4 Å². The molecule has 2 aliphatic heterocycles. The van der Waals surface area contributed by atoms with E-state index in [0.717, 1.165) is 13.1 Å². The summed E-state index contributed by atoms with van der Waals surface area (Å²) in [6, 6.07) is 0.996. The van der Waals surface area contributed by atoms with Crippen molar-refractivity contribution in [1.82, 2.24) is 10.2 Å². The lowest BCUT2D eigenvalue weighted by Crippen LogP contribution is -2.54. The monoisotopic (exact) mass is 183 g/mol. The van der Waals surface area contributed by atoms with E-state index >= 15 is 0 Å². The Morgan fingerprint density at radius 1 is 1.62 bits per heavy atom. The number of fused-ring (bicyclic) bond motifs is 1. The molecule has 4 heteroatoms. The quantitative estimate of drug-likeness (QED) is 0.595. The van der Waals surface area contributed by atoms with Crippen LogP contribution in [0.25, 0.3) is 0 Å². The van der Waals surface area contributed by atoms with Crippen molar-refractivity contribution >= 4 is 5.91 Å². The van der Waals surface area contributed by atoms with Gasteiger partial charge in [-0.1, -0.05) is 0 Å². The molecule has 2 unspecified atom stereocenters. The molecule has 74 valence electrons. The van der Waals surface area contributed by atoms with Crippen LogP contribution in [0.1, 0.15) is 19.3 Å². The Balaban J connectivity index is 1.86. The molecule has 0 radical (unpaired) electrons. The van der Waals surface area contributed by atoms with E-state index in [1.807, 2.05) is 0 Å². The minimum Gasteiger partial charge on any atom is -0.370 e. The van der Waals surface area contributed by atoms with Gasteiger partial charge >= 0.3 is 0 Å². The standard InChI is InChI=1S/C9H17N3O/c10-9(13)4-7-6-12-3-1-2-8(12)5-11-7/h7-8,11H,1-6H2,(H2,10,13). The third kappa shape index (κ3) is 2.00. The molecule has 3 N–H and O–H groups in total. The summed E-state index contributed by atoms with van der Waals surface area (Å²) >= 11 is 0. The highest BCUT2D eigenvalue weighted by Gasteiger charge is 2.31. The summed E-state index contributed by atoms with van der Waals surface area (Å²) in [7, 11) is 0. The van der Waals surface area contributed by atoms with Crippen molar-refractivity contribution in [2.45, 2.75) is 31.3 Å². The number of rotatable bonds is 2. The molecule has 0 saturated carbocycles. The number of carbonyl (C=O) groups excluding carboxylic acids is 1. The molecule has 0 aliphatic carbocycles. The van der Waals surface area contributed by atoms with Gasteiger partial charge in [0.25, 0.3) is 0 Å². The Hall–Kier alpha value is -0.610. The van der Waals surface area contributed by atoms with Crippen LogP contribution < -0.4 is 11.1 Å². The van der Waals surface area contributed by atoms with Crippen LogP contribution >= 0.6 is 0 Å². The fraction of sp³-hybridized carbons (Fsp3) is 0.889. The Kier molecular flexibility index (Phi) is 2.51. The summed E-state index contributed by atoms with van der Waals surface area (Å²) in [6.45, 7) is 3.22.